The molecule has 4 rings (SSSR count). The van der Waals surface area contributed by atoms with Gasteiger partial charge in [-0.1, -0.05) is 42.5 Å². The zero-order chi connectivity index (χ0) is 24.1. The molecule has 1 atom stereocenters. The van der Waals surface area contributed by atoms with Gasteiger partial charge in [0.1, 0.15) is 11.5 Å². The van der Waals surface area contributed by atoms with Gasteiger partial charge in [0.15, 0.2) is 11.6 Å². The number of nitriles is 1. The van der Waals surface area contributed by atoms with E-state index in [-0.39, 0.29) is 17.4 Å². The number of nitrogens with zero attached hydrogens (tertiary/aromatic N) is 1. The molecular weight excluding hydrogens is 446 g/mol. The van der Waals surface area contributed by atoms with Gasteiger partial charge in [0.25, 0.3) is 0 Å². The van der Waals surface area contributed by atoms with Gasteiger partial charge in [-0.2, -0.15) is 5.26 Å². The van der Waals surface area contributed by atoms with Gasteiger partial charge < -0.3 is 9.47 Å². The van der Waals surface area contributed by atoms with Crippen LogP contribution in [0.2, 0.25) is 0 Å². The van der Waals surface area contributed by atoms with Crippen molar-refractivity contribution in [1.82, 2.24) is 0 Å². The first kappa shape index (κ1) is 23.4. The van der Waals surface area contributed by atoms with E-state index in [4.69, 9.17) is 4.74 Å². The Morgan fingerprint density at radius 2 is 1.71 bits per heavy atom. The van der Waals surface area contributed by atoms with Crippen LogP contribution in [0.5, 0.6) is 17.2 Å². The summed E-state index contributed by atoms with van der Waals surface area (Å²) in [6.07, 6.45) is -0.373. The standard InChI is InChI=1S/C27H21F4NO2/c28-25-15-11-20(16-26(25)33-22-4-2-1-3-5-22)21(17-32)10-14-24(18-6-7-18)19-8-12-23(13-9-19)34-27(29,30)31/h1-5,8-13,15-16,18,24H,6-7,14H2/b21-10+. The molecule has 0 aliphatic heterocycles. The topological polar surface area (TPSA) is 42.2 Å². The number of allylic oxidation sites excluding steroid dienone is 2. The number of rotatable bonds is 8. The van der Waals surface area contributed by atoms with E-state index in [0.29, 0.717) is 29.2 Å². The van der Waals surface area contributed by atoms with Gasteiger partial charge in [-0.25, -0.2) is 4.39 Å². The lowest BCUT2D eigenvalue weighted by Gasteiger charge is -2.16. The van der Waals surface area contributed by atoms with Gasteiger partial charge in [0, 0.05) is 0 Å². The summed E-state index contributed by atoms with van der Waals surface area (Å²) in [7, 11) is 0. The van der Waals surface area contributed by atoms with E-state index in [9.17, 15) is 22.8 Å². The van der Waals surface area contributed by atoms with Crippen LogP contribution in [0.3, 0.4) is 0 Å². The predicted molar refractivity (Wildman–Crippen MR) is 120 cm³/mol. The second-order valence-corrected chi connectivity index (χ2v) is 8.09. The minimum atomic E-state index is -4.74. The molecule has 3 aromatic carbocycles. The molecule has 0 radical (unpaired) electrons. The van der Waals surface area contributed by atoms with Crippen LogP contribution in [0.25, 0.3) is 5.57 Å². The smallest absolute Gasteiger partial charge is 0.454 e. The molecule has 0 saturated heterocycles. The number of hydrogen-bond donors (Lipinski definition) is 0. The van der Waals surface area contributed by atoms with E-state index >= 15 is 0 Å². The van der Waals surface area contributed by atoms with Crippen LogP contribution in [0, 0.1) is 23.1 Å². The van der Waals surface area contributed by atoms with Gasteiger partial charge >= 0.3 is 6.36 Å². The third-order valence-corrected chi connectivity index (χ3v) is 5.64. The molecule has 0 heterocycles. The molecule has 174 valence electrons. The fraction of sp³-hybridized carbons (Fsp3) is 0.222. The molecule has 34 heavy (non-hydrogen) atoms. The maximum atomic E-state index is 14.3. The Labute approximate surface area is 194 Å². The van der Waals surface area contributed by atoms with E-state index in [1.807, 2.05) is 6.07 Å². The minimum absolute atomic E-state index is 0.0175. The summed E-state index contributed by atoms with van der Waals surface area (Å²) < 4.78 is 61.2. The van der Waals surface area contributed by atoms with Crippen LogP contribution in [-0.4, -0.2) is 6.36 Å². The molecule has 0 N–H and O–H groups in total. The molecule has 0 bridgehead atoms. The van der Waals surface area contributed by atoms with Crippen molar-refractivity contribution in [2.45, 2.75) is 31.5 Å². The Hall–Kier alpha value is -3.79. The zero-order valence-electron chi connectivity index (χ0n) is 18.1. The summed E-state index contributed by atoms with van der Waals surface area (Å²) in [4.78, 5) is 0. The van der Waals surface area contributed by atoms with Crippen molar-refractivity contribution < 1.29 is 27.0 Å². The lowest BCUT2D eigenvalue weighted by Crippen LogP contribution is -2.17. The van der Waals surface area contributed by atoms with Crippen molar-refractivity contribution in [1.29, 1.82) is 5.26 Å². The van der Waals surface area contributed by atoms with Crippen molar-refractivity contribution in [3.8, 4) is 23.3 Å². The van der Waals surface area contributed by atoms with Crippen molar-refractivity contribution in [3.63, 3.8) is 0 Å². The number of alkyl halides is 3. The van der Waals surface area contributed by atoms with Crippen LogP contribution in [0.1, 0.15) is 36.3 Å². The first-order valence-corrected chi connectivity index (χ1v) is 10.8. The average molecular weight is 467 g/mol. The summed E-state index contributed by atoms with van der Waals surface area (Å²) in [5.41, 5.74) is 1.79. The van der Waals surface area contributed by atoms with Crippen LogP contribution in [0.15, 0.2) is 78.9 Å². The molecule has 0 spiro atoms. The highest BCUT2D eigenvalue weighted by atomic mass is 19.4. The Bertz CT molecular complexity index is 1190. The fourth-order valence-corrected chi connectivity index (χ4v) is 3.85. The predicted octanol–water partition coefficient (Wildman–Crippen LogP) is 8.01. The summed E-state index contributed by atoms with van der Waals surface area (Å²) in [6, 6.07) is 21.1. The zero-order valence-corrected chi connectivity index (χ0v) is 18.1. The molecular formula is C27H21F4NO2. The Morgan fingerprint density at radius 3 is 2.32 bits per heavy atom. The average Bonchev–Trinajstić information content (AvgIpc) is 3.64. The quantitative estimate of drug-likeness (QED) is 0.249. The van der Waals surface area contributed by atoms with Crippen LogP contribution in [-0.2, 0) is 0 Å². The van der Waals surface area contributed by atoms with Crippen LogP contribution in [0.4, 0.5) is 17.6 Å². The highest BCUT2D eigenvalue weighted by Gasteiger charge is 2.33. The Morgan fingerprint density at radius 1 is 1.00 bits per heavy atom. The van der Waals surface area contributed by atoms with Gasteiger partial charge in [0.05, 0.1) is 11.6 Å². The van der Waals surface area contributed by atoms with Crippen molar-refractivity contribution in [3.05, 3.63) is 95.8 Å². The van der Waals surface area contributed by atoms with Crippen molar-refractivity contribution >= 4 is 5.57 Å². The monoisotopic (exact) mass is 467 g/mol. The number of halogens is 4. The molecule has 1 unspecified atom stereocenters. The normalized spacial score (nSPS) is 14.9. The fourth-order valence-electron chi connectivity index (χ4n) is 3.85. The summed E-state index contributed by atoms with van der Waals surface area (Å²) >= 11 is 0. The van der Waals surface area contributed by atoms with Gasteiger partial charge in [0.2, 0.25) is 0 Å². The largest absolute Gasteiger partial charge is 0.573 e. The van der Waals surface area contributed by atoms with E-state index in [2.05, 4.69) is 10.8 Å². The van der Waals surface area contributed by atoms with Crippen molar-refractivity contribution in [2.24, 2.45) is 5.92 Å². The number of ether oxygens (including phenoxy) is 2. The molecule has 7 heteroatoms. The molecule has 0 amide bonds. The third kappa shape index (κ3) is 6.16. The van der Waals surface area contributed by atoms with Crippen molar-refractivity contribution in [2.75, 3.05) is 0 Å². The van der Waals surface area contributed by atoms with E-state index in [0.717, 1.165) is 18.4 Å². The SMILES string of the molecule is N#C/C(=C\CC(c1ccc(OC(F)(F)F)cc1)C1CC1)c1ccc(F)c(Oc2ccccc2)c1. The maximum absolute atomic E-state index is 14.3. The lowest BCUT2D eigenvalue weighted by molar-refractivity contribution is -0.274. The molecule has 1 saturated carbocycles. The Kier molecular flexibility index (Phi) is 6.87. The van der Waals surface area contributed by atoms with E-state index in [1.165, 1.54) is 30.3 Å². The van der Waals surface area contributed by atoms with Gasteiger partial charge in [-0.15, -0.1) is 13.2 Å². The number of hydrogen-bond acceptors (Lipinski definition) is 3. The highest BCUT2D eigenvalue weighted by molar-refractivity contribution is 5.77. The Balaban J connectivity index is 1.53. The maximum Gasteiger partial charge on any atom is 0.573 e. The molecule has 1 aliphatic carbocycles. The number of para-hydroxylation sites is 1. The summed E-state index contributed by atoms with van der Waals surface area (Å²) in [5.74, 6) is 0.148. The van der Waals surface area contributed by atoms with Gasteiger partial charge in [-0.3, -0.25) is 0 Å². The molecule has 3 nitrogen and oxygen atoms in total. The van der Waals surface area contributed by atoms with Crippen LogP contribution >= 0.6 is 0 Å². The van der Waals surface area contributed by atoms with Crippen LogP contribution < -0.4 is 9.47 Å². The van der Waals surface area contributed by atoms with E-state index in [1.54, 1.807) is 42.5 Å². The van der Waals surface area contributed by atoms with E-state index < -0.39 is 12.2 Å². The second kappa shape index (κ2) is 10.0. The molecule has 1 aliphatic rings. The molecule has 3 aromatic rings. The molecule has 1 fully saturated rings. The second-order valence-electron chi connectivity index (χ2n) is 8.09. The first-order valence-electron chi connectivity index (χ1n) is 10.8. The number of benzene rings is 3. The highest BCUT2D eigenvalue weighted by Crippen LogP contribution is 2.45. The molecule has 0 aromatic heterocycles. The van der Waals surface area contributed by atoms with Gasteiger partial charge in [-0.05, 0) is 78.6 Å². The summed E-state index contributed by atoms with van der Waals surface area (Å²) in [5, 5.41) is 9.74. The first-order chi connectivity index (χ1) is 16.3. The minimum Gasteiger partial charge on any atom is -0.454 e. The summed E-state index contributed by atoms with van der Waals surface area (Å²) in [6.45, 7) is 0. The lowest BCUT2D eigenvalue weighted by atomic mass is 9.89. The third-order valence-electron chi connectivity index (χ3n) is 5.64.